The number of rotatable bonds is 6. The van der Waals surface area contributed by atoms with Gasteiger partial charge in [-0.25, -0.2) is 0 Å². The Labute approximate surface area is 102 Å². The molecule has 94 valence electrons. The number of hydrogen-bond donors (Lipinski definition) is 2. The maximum atomic E-state index is 11.9. The van der Waals surface area contributed by atoms with Crippen LogP contribution in [0.3, 0.4) is 0 Å². The predicted octanol–water partition coefficient (Wildman–Crippen LogP) is 1.09. The van der Waals surface area contributed by atoms with Crippen LogP contribution in [0, 0.1) is 5.92 Å². The van der Waals surface area contributed by atoms with Crippen molar-refractivity contribution >= 4 is 24.4 Å². The summed E-state index contributed by atoms with van der Waals surface area (Å²) in [7, 11) is 0. The molecule has 0 aliphatic heterocycles. The second-order valence-corrected chi connectivity index (χ2v) is 4.32. The van der Waals surface area contributed by atoms with E-state index in [4.69, 9.17) is 0 Å². The fraction of sp³-hybridized carbons (Fsp3) is 0.818. The molecular formula is C11H21NO3S. The molecule has 0 saturated carbocycles. The van der Waals surface area contributed by atoms with Crippen LogP contribution in [0.5, 0.6) is 0 Å². The molecule has 0 radical (unpaired) electrons. The number of carbonyl (C=O) groups excluding carboxylic acids is 2. The third-order valence-electron chi connectivity index (χ3n) is 2.52. The monoisotopic (exact) mass is 247 g/mol. The molecule has 0 heterocycles. The number of nitrogens with zero attached hydrogens (tertiary/aromatic N) is 1. The van der Waals surface area contributed by atoms with E-state index in [1.807, 2.05) is 6.92 Å². The van der Waals surface area contributed by atoms with E-state index in [-0.39, 0.29) is 11.8 Å². The Bertz CT molecular complexity index is 245. The molecule has 2 amide bonds. The summed E-state index contributed by atoms with van der Waals surface area (Å²) in [6.07, 6.45) is 0.699. The lowest BCUT2D eigenvalue weighted by molar-refractivity contribution is -0.147. The van der Waals surface area contributed by atoms with Gasteiger partial charge >= 0.3 is 0 Å². The molecule has 0 rings (SSSR count). The fourth-order valence-corrected chi connectivity index (χ4v) is 1.68. The standard InChI is InChI=1S/C11H21NO3S/c1-4-5-10(14)8(2)11(15)12(6-7-16)9(3)13/h8,10,14,16H,4-7H2,1-3H3/t8-,10+/m0/s1. The summed E-state index contributed by atoms with van der Waals surface area (Å²) in [4.78, 5) is 24.3. The van der Waals surface area contributed by atoms with Crippen LogP contribution in [0.2, 0.25) is 0 Å². The van der Waals surface area contributed by atoms with Gasteiger partial charge in [-0.05, 0) is 6.42 Å². The van der Waals surface area contributed by atoms with E-state index < -0.39 is 12.0 Å². The van der Waals surface area contributed by atoms with Crippen molar-refractivity contribution in [3.05, 3.63) is 0 Å². The van der Waals surface area contributed by atoms with Gasteiger partial charge in [0.05, 0.1) is 12.0 Å². The largest absolute Gasteiger partial charge is 0.392 e. The molecule has 5 heteroatoms. The van der Waals surface area contributed by atoms with Crippen LogP contribution >= 0.6 is 12.6 Å². The summed E-state index contributed by atoms with van der Waals surface area (Å²) in [6, 6.07) is 0. The number of amides is 2. The molecule has 0 bridgehead atoms. The SMILES string of the molecule is CCC[C@@H](O)[C@H](C)C(=O)N(CCS)C(C)=O. The summed E-state index contributed by atoms with van der Waals surface area (Å²) >= 11 is 4.00. The zero-order valence-electron chi connectivity index (χ0n) is 10.1. The summed E-state index contributed by atoms with van der Waals surface area (Å²) in [5.41, 5.74) is 0. The smallest absolute Gasteiger partial charge is 0.234 e. The van der Waals surface area contributed by atoms with Gasteiger partial charge in [0, 0.05) is 19.2 Å². The molecule has 0 unspecified atom stereocenters. The Hall–Kier alpha value is -0.550. The summed E-state index contributed by atoms with van der Waals surface area (Å²) in [5, 5.41) is 9.71. The first-order valence-corrected chi connectivity index (χ1v) is 6.19. The van der Waals surface area contributed by atoms with Gasteiger partial charge in [0.15, 0.2) is 0 Å². The maximum absolute atomic E-state index is 11.9. The highest BCUT2D eigenvalue weighted by Crippen LogP contribution is 2.13. The van der Waals surface area contributed by atoms with Gasteiger partial charge in [0.25, 0.3) is 0 Å². The normalized spacial score (nSPS) is 14.3. The van der Waals surface area contributed by atoms with E-state index in [9.17, 15) is 14.7 Å². The topological polar surface area (TPSA) is 57.6 Å². The Kier molecular flexibility index (Phi) is 7.42. The van der Waals surface area contributed by atoms with Gasteiger partial charge in [0.1, 0.15) is 0 Å². The lowest BCUT2D eigenvalue weighted by Gasteiger charge is -2.24. The highest BCUT2D eigenvalue weighted by atomic mass is 32.1. The van der Waals surface area contributed by atoms with Crippen LogP contribution in [0.15, 0.2) is 0 Å². The number of imide groups is 1. The zero-order valence-corrected chi connectivity index (χ0v) is 11.0. The van der Waals surface area contributed by atoms with Crippen molar-refractivity contribution in [1.29, 1.82) is 0 Å². The Balaban J connectivity index is 4.53. The fourth-order valence-electron chi connectivity index (χ4n) is 1.48. The minimum atomic E-state index is -0.681. The van der Waals surface area contributed by atoms with Crippen LogP contribution in [-0.2, 0) is 9.59 Å². The average molecular weight is 247 g/mol. The van der Waals surface area contributed by atoms with Crippen LogP contribution < -0.4 is 0 Å². The van der Waals surface area contributed by atoms with Crippen LogP contribution in [-0.4, -0.2) is 40.2 Å². The maximum Gasteiger partial charge on any atom is 0.234 e. The molecule has 0 aromatic heterocycles. The Morgan fingerprint density at radius 2 is 2.00 bits per heavy atom. The van der Waals surface area contributed by atoms with Crippen LogP contribution in [0.4, 0.5) is 0 Å². The van der Waals surface area contributed by atoms with Crippen LogP contribution in [0.25, 0.3) is 0 Å². The number of carbonyl (C=O) groups is 2. The van der Waals surface area contributed by atoms with E-state index in [0.717, 1.165) is 11.3 Å². The molecule has 4 nitrogen and oxygen atoms in total. The van der Waals surface area contributed by atoms with Crippen LogP contribution in [0.1, 0.15) is 33.6 Å². The first kappa shape index (κ1) is 15.4. The van der Waals surface area contributed by atoms with Crippen molar-refractivity contribution < 1.29 is 14.7 Å². The van der Waals surface area contributed by atoms with Crippen molar-refractivity contribution in [2.75, 3.05) is 12.3 Å². The van der Waals surface area contributed by atoms with Gasteiger partial charge in [0.2, 0.25) is 11.8 Å². The van der Waals surface area contributed by atoms with Crippen molar-refractivity contribution in [1.82, 2.24) is 4.90 Å². The van der Waals surface area contributed by atoms with Crippen molar-refractivity contribution in [3.8, 4) is 0 Å². The number of aliphatic hydroxyl groups excluding tert-OH is 1. The summed E-state index contributed by atoms with van der Waals surface area (Å²) < 4.78 is 0. The zero-order chi connectivity index (χ0) is 12.7. The minimum absolute atomic E-state index is 0.292. The molecule has 0 aliphatic rings. The first-order chi connectivity index (χ1) is 7.45. The highest BCUT2D eigenvalue weighted by Gasteiger charge is 2.27. The lowest BCUT2D eigenvalue weighted by atomic mass is 9.99. The highest BCUT2D eigenvalue weighted by molar-refractivity contribution is 7.80. The summed E-state index contributed by atoms with van der Waals surface area (Å²) in [6.45, 7) is 5.23. The van der Waals surface area contributed by atoms with Crippen molar-refractivity contribution in [2.45, 2.75) is 39.7 Å². The third-order valence-corrected chi connectivity index (χ3v) is 2.72. The quantitative estimate of drug-likeness (QED) is 0.691. The average Bonchev–Trinajstić information content (AvgIpc) is 2.23. The molecule has 2 atom stereocenters. The van der Waals surface area contributed by atoms with Crippen molar-refractivity contribution in [3.63, 3.8) is 0 Å². The van der Waals surface area contributed by atoms with Crippen molar-refractivity contribution in [2.24, 2.45) is 5.92 Å². The van der Waals surface area contributed by atoms with Gasteiger partial charge in [-0.3, -0.25) is 14.5 Å². The molecule has 16 heavy (non-hydrogen) atoms. The molecule has 0 saturated heterocycles. The van der Waals surface area contributed by atoms with Gasteiger partial charge in [-0.15, -0.1) is 0 Å². The first-order valence-electron chi connectivity index (χ1n) is 5.56. The molecule has 0 aliphatic carbocycles. The third kappa shape index (κ3) is 4.53. The molecule has 1 N–H and O–H groups in total. The van der Waals surface area contributed by atoms with E-state index in [1.54, 1.807) is 6.92 Å². The van der Waals surface area contributed by atoms with Gasteiger partial charge < -0.3 is 5.11 Å². The summed E-state index contributed by atoms with van der Waals surface area (Å²) in [5.74, 6) is -0.720. The molecule has 0 spiro atoms. The second-order valence-electron chi connectivity index (χ2n) is 3.88. The Morgan fingerprint density at radius 3 is 2.38 bits per heavy atom. The Morgan fingerprint density at radius 1 is 1.44 bits per heavy atom. The molecule has 0 aromatic rings. The molecular weight excluding hydrogens is 226 g/mol. The lowest BCUT2D eigenvalue weighted by Crippen LogP contribution is -2.43. The second kappa shape index (κ2) is 7.68. The minimum Gasteiger partial charge on any atom is -0.392 e. The van der Waals surface area contributed by atoms with E-state index in [0.29, 0.717) is 18.7 Å². The van der Waals surface area contributed by atoms with Gasteiger partial charge in [-0.2, -0.15) is 12.6 Å². The van der Waals surface area contributed by atoms with E-state index in [1.165, 1.54) is 6.92 Å². The molecule has 0 aromatic carbocycles. The number of hydrogen-bond acceptors (Lipinski definition) is 4. The number of aliphatic hydroxyl groups is 1. The van der Waals surface area contributed by atoms with E-state index >= 15 is 0 Å². The van der Waals surface area contributed by atoms with E-state index in [2.05, 4.69) is 12.6 Å². The van der Waals surface area contributed by atoms with Gasteiger partial charge in [-0.1, -0.05) is 20.3 Å². The molecule has 0 fully saturated rings. The number of thiol groups is 1. The predicted molar refractivity (Wildman–Crippen MR) is 66.3 cm³/mol.